The fourth-order valence-corrected chi connectivity index (χ4v) is 1.67. The van der Waals surface area contributed by atoms with Crippen molar-refractivity contribution in [3.05, 3.63) is 47.2 Å². The average Bonchev–Trinajstić information content (AvgIpc) is 2.84. The fourth-order valence-electron chi connectivity index (χ4n) is 1.41. The van der Waals surface area contributed by atoms with Gasteiger partial charge in [0.2, 0.25) is 5.91 Å². The van der Waals surface area contributed by atoms with E-state index >= 15 is 0 Å². The van der Waals surface area contributed by atoms with Crippen molar-refractivity contribution >= 4 is 27.5 Å². The molecule has 0 saturated carbocycles. The van der Waals surface area contributed by atoms with E-state index in [-0.39, 0.29) is 11.9 Å². The third kappa shape index (κ3) is 2.94. The molecule has 1 aromatic carbocycles. The number of hydrogen-bond acceptors (Lipinski definition) is 2. The molecular weight excluding hydrogens is 282 g/mol. The summed E-state index contributed by atoms with van der Waals surface area (Å²) in [5.41, 5.74) is 0.775. The molecule has 0 aliphatic heterocycles. The molecule has 1 unspecified atom stereocenters. The van der Waals surface area contributed by atoms with Crippen molar-refractivity contribution in [2.24, 2.45) is 0 Å². The summed E-state index contributed by atoms with van der Waals surface area (Å²) in [4.78, 5) is 11.9. The molecule has 1 heterocycles. The van der Waals surface area contributed by atoms with Gasteiger partial charge in [-0.15, -0.1) is 0 Å². The number of nitrogens with zero attached hydrogens (tertiary/aromatic N) is 2. The van der Waals surface area contributed by atoms with Gasteiger partial charge < -0.3 is 5.32 Å². The highest BCUT2D eigenvalue weighted by Gasteiger charge is 2.14. The van der Waals surface area contributed by atoms with E-state index in [9.17, 15) is 4.79 Å². The van der Waals surface area contributed by atoms with E-state index in [1.165, 1.54) is 0 Å². The van der Waals surface area contributed by atoms with Crippen LogP contribution in [0.5, 0.6) is 0 Å². The molecule has 2 aromatic rings. The van der Waals surface area contributed by atoms with Crippen LogP contribution in [0.15, 0.2) is 47.2 Å². The standard InChI is InChI=1S/C12H12BrN3O/c1-9(16-8-2-7-14-16)12(17)15-11-5-3-10(13)4-6-11/h2-9H,1H3,(H,15,17). The summed E-state index contributed by atoms with van der Waals surface area (Å²) in [6.45, 7) is 1.81. The van der Waals surface area contributed by atoms with Crippen LogP contribution in [0.1, 0.15) is 13.0 Å². The van der Waals surface area contributed by atoms with Gasteiger partial charge in [-0.25, -0.2) is 0 Å². The van der Waals surface area contributed by atoms with Gasteiger partial charge >= 0.3 is 0 Å². The largest absolute Gasteiger partial charge is 0.324 e. The number of nitrogens with one attached hydrogen (secondary N) is 1. The van der Waals surface area contributed by atoms with Crippen molar-refractivity contribution in [2.75, 3.05) is 5.32 Å². The topological polar surface area (TPSA) is 46.9 Å². The second-order valence-electron chi connectivity index (χ2n) is 3.66. The number of anilines is 1. The summed E-state index contributed by atoms with van der Waals surface area (Å²) in [5, 5.41) is 6.88. The molecule has 0 radical (unpaired) electrons. The van der Waals surface area contributed by atoms with Gasteiger partial charge in [0.15, 0.2) is 0 Å². The SMILES string of the molecule is CC(C(=O)Nc1ccc(Br)cc1)n1cccn1. The smallest absolute Gasteiger partial charge is 0.248 e. The lowest BCUT2D eigenvalue weighted by molar-refractivity contribution is -0.119. The van der Waals surface area contributed by atoms with Crippen molar-refractivity contribution in [1.82, 2.24) is 9.78 Å². The molecule has 4 nitrogen and oxygen atoms in total. The van der Waals surface area contributed by atoms with E-state index in [0.717, 1.165) is 10.2 Å². The molecule has 0 spiro atoms. The number of carbonyl (C=O) groups excluding carboxylic acids is 1. The number of carbonyl (C=O) groups is 1. The number of halogens is 1. The summed E-state index contributed by atoms with van der Waals surface area (Å²) >= 11 is 3.35. The van der Waals surface area contributed by atoms with Crippen LogP contribution in [0.4, 0.5) is 5.69 Å². The molecule has 0 aliphatic carbocycles. The number of aromatic nitrogens is 2. The van der Waals surface area contributed by atoms with Crippen LogP contribution in [0.2, 0.25) is 0 Å². The first-order chi connectivity index (χ1) is 8.16. The van der Waals surface area contributed by atoms with Crippen LogP contribution in [0, 0.1) is 0 Å². The summed E-state index contributed by atoms with van der Waals surface area (Å²) in [6.07, 6.45) is 3.43. The molecule has 0 aliphatic rings. The Balaban J connectivity index is 2.04. The molecule has 0 saturated heterocycles. The number of rotatable bonds is 3. The number of amides is 1. The molecule has 1 aromatic heterocycles. The molecular formula is C12H12BrN3O. The number of hydrogen-bond donors (Lipinski definition) is 1. The Bertz CT molecular complexity index is 493. The quantitative estimate of drug-likeness (QED) is 0.946. The Labute approximate surface area is 108 Å². The Morgan fingerprint density at radius 3 is 2.71 bits per heavy atom. The molecule has 5 heteroatoms. The Morgan fingerprint density at radius 1 is 1.41 bits per heavy atom. The van der Waals surface area contributed by atoms with Crippen LogP contribution >= 0.6 is 15.9 Å². The van der Waals surface area contributed by atoms with Crippen molar-refractivity contribution < 1.29 is 4.79 Å². The van der Waals surface area contributed by atoms with Crippen LogP contribution in [0.25, 0.3) is 0 Å². The Kier molecular flexibility index (Phi) is 3.58. The summed E-state index contributed by atoms with van der Waals surface area (Å²) in [7, 11) is 0. The van der Waals surface area contributed by atoms with Gasteiger partial charge in [-0.3, -0.25) is 9.48 Å². The van der Waals surface area contributed by atoms with Gasteiger partial charge in [0.1, 0.15) is 6.04 Å². The van der Waals surface area contributed by atoms with Crippen LogP contribution < -0.4 is 5.32 Å². The Morgan fingerprint density at radius 2 is 2.12 bits per heavy atom. The average molecular weight is 294 g/mol. The van der Waals surface area contributed by atoms with Crippen LogP contribution in [0.3, 0.4) is 0 Å². The maximum Gasteiger partial charge on any atom is 0.248 e. The molecule has 1 N–H and O–H groups in total. The minimum Gasteiger partial charge on any atom is -0.324 e. The van der Waals surface area contributed by atoms with Crippen LogP contribution in [-0.2, 0) is 4.79 Å². The maximum absolute atomic E-state index is 11.9. The van der Waals surface area contributed by atoms with Gasteiger partial charge in [0.25, 0.3) is 0 Å². The molecule has 88 valence electrons. The summed E-state index contributed by atoms with van der Waals surface area (Å²) in [5.74, 6) is -0.0870. The lowest BCUT2D eigenvalue weighted by Crippen LogP contribution is -2.23. The predicted octanol–water partition coefficient (Wildman–Crippen LogP) is 2.85. The molecule has 17 heavy (non-hydrogen) atoms. The van der Waals surface area contributed by atoms with E-state index in [4.69, 9.17) is 0 Å². The van der Waals surface area contributed by atoms with Gasteiger partial charge in [0, 0.05) is 22.6 Å². The van der Waals surface area contributed by atoms with Gasteiger partial charge in [0.05, 0.1) is 0 Å². The second-order valence-corrected chi connectivity index (χ2v) is 4.57. The monoisotopic (exact) mass is 293 g/mol. The fraction of sp³-hybridized carbons (Fsp3) is 0.167. The van der Waals surface area contributed by atoms with Gasteiger partial charge in [-0.1, -0.05) is 15.9 Å². The normalized spacial score (nSPS) is 12.1. The lowest BCUT2D eigenvalue weighted by Gasteiger charge is -2.12. The van der Waals surface area contributed by atoms with E-state index in [0.29, 0.717) is 0 Å². The minimum atomic E-state index is -0.325. The van der Waals surface area contributed by atoms with Crippen molar-refractivity contribution in [1.29, 1.82) is 0 Å². The van der Waals surface area contributed by atoms with Crippen molar-refractivity contribution in [3.8, 4) is 0 Å². The van der Waals surface area contributed by atoms with E-state index in [2.05, 4.69) is 26.3 Å². The van der Waals surface area contributed by atoms with Crippen LogP contribution in [-0.4, -0.2) is 15.7 Å². The zero-order valence-electron chi connectivity index (χ0n) is 9.30. The number of benzene rings is 1. The van der Waals surface area contributed by atoms with Gasteiger partial charge in [-0.2, -0.15) is 5.10 Å². The lowest BCUT2D eigenvalue weighted by atomic mass is 10.3. The molecule has 0 bridgehead atoms. The van der Waals surface area contributed by atoms with Crippen molar-refractivity contribution in [2.45, 2.75) is 13.0 Å². The zero-order chi connectivity index (χ0) is 12.3. The molecule has 1 amide bonds. The minimum absolute atomic E-state index is 0.0870. The van der Waals surface area contributed by atoms with E-state index in [1.54, 1.807) is 30.1 Å². The third-order valence-corrected chi connectivity index (χ3v) is 2.94. The molecule has 1 atom stereocenters. The predicted molar refractivity (Wildman–Crippen MR) is 69.7 cm³/mol. The highest BCUT2D eigenvalue weighted by atomic mass is 79.9. The molecule has 2 rings (SSSR count). The second kappa shape index (κ2) is 5.14. The maximum atomic E-state index is 11.9. The van der Waals surface area contributed by atoms with Crippen molar-refractivity contribution in [3.63, 3.8) is 0 Å². The highest BCUT2D eigenvalue weighted by Crippen LogP contribution is 2.15. The van der Waals surface area contributed by atoms with Gasteiger partial charge in [-0.05, 0) is 37.3 Å². The highest BCUT2D eigenvalue weighted by molar-refractivity contribution is 9.10. The molecule has 0 fully saturated rings. The Hall–Kier alpha value is -1.62. The summed E-state index contributed by atoms with van der Waals surface area (Å²) < 4.78 is 2.60. The van der Waals surface area contributed by atoms with E-state index in [1.807, 2.05) is 24.3 Å². The first-order valence-corrected chi connectivity index (χ1v) is 6.01. The summed E-state index contributed by atoms with van der Waals surface area (Å²) in [6, 6.07) is 8.93. The first-order valence-electron chi connectivity index (χ1n) is 5.22. The third-order valence-electron chi connectivity index (χ3n) is 2.41. The zero-order valence-corrected chi connectivity index (χ0v) is 10.9. The van der Waals surface area contributed by atoms with E-state index < -0.39 is 0 Å². The first kappa shape index (κ1) is 11.9.